The number of para-hydroxylation sites is 1. The molecular formula is C20H17N3O4. The van der Waals surface area contributed by atoms with Crippen LogP contribution < -0.4 is 10.2 Å². The summed E-state index contributed by atoms with van der Waals surface area (Å²) in [6.45, 7) is 0. The second-order valence-electron chi connectivity index (χ2n) is 5.55. The summed E-state index contributed by atoms with van der Waals surface area (Å²) < 4.78 is 6.99. The molecule has 0 fully saturated rings. The Labute approximate surface area is 155 Å². The van der Waals surface area contributed by atoms with Gasteiger partial charge in [0.1, 0.15) is 5.75 Å². The van der Waals surface area contributed by atoms with Gasteiger partial charge in [-0.15, -0.1) is 0 Å². The smallest absolute Gasteiger partial charge is 0.335 e. The molecule has 1 aromatic heterocycles. The standard InChI is InChI=1S/C20H17N3O4/c1-27-18-7-3-2-6-17(18)19(24)22-21-13-16-5-4-12-23(16)15-10-8-14(9-11-15)20(25)26/h2-13H,1H3,(H,22,24)(H,25,26). The summed E-state index contributed by atoms with van der Waals surface area (Å²) in [6.07, 6.45) is 3.33. The monoisotopic (exact) mass is 363 g/mol. The number of carboxylic acids is 1. The van der Waals surface area contributed by atoms with E-state index in [1.165, 1.54) is 25.5 Å². The Morgan fingerprint density at radius 1 is 1.07 bits per heavy atom. The lowest BCUT2D eigenvalue weighted by Gasteiger charge is -2.07. The topological polar surface area (TPSA) is 92.9 Å². The van der Waals surface area contributed by atoms with E-state index < -0.39 is 5.97 Å². The van der Waals surface area contributed by atoms with E-state index in [2.05, 4.69) is 10.5 Å². The van der Waals surface area contributed by atoms with E-state index in [1.807, 2.05) is 22.9 Å². The number of aromatic nitrogens is 1. The third kappa shape index (κ3) is 4.04. The van der Waals surface area contributed by atoms with Crippen molar-refractivity contribution < 1.29 is 19.4 Å². The van der Waals surface area contributed by atoms with Gasteiger partial charge >= 0.3 is 5.97 Å². The molecule has 7 nitrogen and oxygen atoms in total. The molecule has 0 atom stereocenters. The molecule has 0 aliphatic rings. The van der Waals surface area contributed by atoms with Crippen LogP contribution in [0.3, 0.4) is 0 Å². The fourth-order valence-corrected chi connectivity index (χ4v) is 2.55. The van der Waals surface area contributed by atoms with Crippen LogP contribution in [0.2, 0.25) is 0 Å². The third-order valence-corrected chi connectivity index (χ3v) is 3.89. The second-order valence-corrected chi connectivity index (χ2v) is 5.55. The molecule has 0 unspecified atom stereocenters. The zero-order valence-corrected chi connectivity index (χ0v) is 14.5. The van der Waals surface area contributed by atoms with Gasteiger partial charge in [-0.2, -0.15) is 5.10 Å². The highest BCUT2D eigenvalue weighted by atomic mass is 16.5. The minimum atomic E-state index is -0.977. The fraction of sp³-hybridized carbons (Fsp3) is 0.0500. The fourth-order valence-electron chi connectivity index (χ4n) is 2.55. The molecular weight excluding hydrogens is 346 g/mol. The Kier molecular flexibility index (Phi) is 5.32. The number of ether oxygens (including phenoxy) is 1. The van der Waals surface area contributed by atoms with E-state index in [1.54, 1.807) is 36.4 Å². The van der Waals surface area contributed by atoms with Crippen LogP contribution in [0.5, 0.6) is 5.75 Å². The average molecular weight is 363 g/mol. The van der Waals surface area contributed by atoms with E-state index >= 15 is 0 Å². The molecule has 0 saturated carbocycles. The van der Waals surface area contributed by atoms with Gasteiger partial charge in [-0.25, -0.2) is 10.2 Å². The van der Waals surface area contributed by atoms with Gasteiger partial charge in [0.2, 0.25) is 0 Å². The Balaban J connectivity index is 1.74. The molecule has 7 heteroatoms. The summed E-state index contributed by atoms with van der Waals surface area (Å²) in [5.74, 6) is -0.894. The van der Waals surface area contributed by atoms with Gasteiger partial charge in [0.15, 0.2) is 0 Å². The molecule has 136 valence electrons. The first kappa shape index (κ1) is 17.9. The molecule has 0 bridgehead atoms. The van der Waals surface area contributed by atoms with Gasteiger partial charge < -0.3 is 14.4 Å². The number of carbonyl (C=O) groups is 2. The van der Waals surface area contributed by atoms with Crippen molar-refractivity contribution in [3.8, 4) is 11.4 Å². The Morgan fingerprint density at radius 2 is 1.81 bits per heavy atom. The van der Waals surface area contributed by atoms with Crippen molar-refractivity contribution in [3.05, 3.63) is 83.7 Å². The number of carboxylic acid groups (broad SMARTS) is 1. The van der Waals surface area contributed by atoms with Crippen LogP contribution in [0.1, 0.15) is 26.4 Å². The Bertz CT molecular complexity index is 990. The SMILES string of the molecule is COc1ccccc1C(=O)NN=Cc1cccn1-c1ccc(C(=O)O)cc1. The van der Waals surface area contributed by atoms with Gasteiger partial charge in [0.05, 0.1) is 30.1 Å². The van der Waals surface area contributed by atoms with Crippen LogP contribution in [-0.4, -0.2) is 34.9 Å². The number of hydrazone groups is 1. The quantitative estimate of drug-likeness (QED) is 0.520. The Morgan fingerprint density at radius 3 is 2.52 bits per heavy atom. The highest BCUT2D eigenvalue weighted by molar-refractivity contribution is 5.97. The number of aromatic carboxylic acids is 1. The van der Waals surface area contributed by atoms with Crippen molar-refractivity contribution in [2.75, 3.05) is 7.11 Å². The third-order valence-electron chi connectivity index (χ3n) is 3.89. The average Bonchev–Trinajstić information content (AvgIpc) is 3.16. The van der Waals surface area contributed by atoms with E-state index in [-0.39, 0.29) is 11.5 Å². The number of hydrogen-bond donors (Lipinski definition) is 2. The lowest BCUT2D eigenvalue weighted by Crippen LogP contribution is -2.18. The minimum Gasteiger partial charge on any atom is -0.496 e. The zero-order valence-electron chi connectivity index (χ0n) is 14.5. The van der Waals surface area contributed by atoms with Crippen LogP contribution >= 0.6 is 0 Å². The molecule has 27 heavy (non-hydrogen) atoms. The molecule has 3 aromatic rings. The summed E-state index contributed by atoms with van der Waals surface area (Å²) in [4.78, 5) is 23.2. The number of nitrogens with zero attached hydrogens (tertiary/aromatic N) is 2. The normalized spacial score (nSPS) is 10.7. The molecule has 3 rings (SSSR count). The second kappa shape index (κ2) is 8.01. The first-order valence-corrected chi connectivity index (χ1v) is 8.07. The summed E-state index contributed by atoms with van der Waals surface area (Å²) in [7, 11) is 1.50. The van der Waals surface area contributed by atoms with Gasteiger partial charge in [0.25, 0.3) is 5.91 Å². The lowest BCUT2D eigenvalue weighted by molar-refractivity contribution is 0.0696. The van der Waals surface area contributed by atoms with Crippen molar-refractivity contribution in [2.45, 2.75) is 0 Å². The first-order valence-electron chi connectivity index (χ1n) is 8.07. The number of methoxy groups -OCH3 is 1. The number of rotatable bonds is 6. The van der Waals surface area contributed by atoms with Crippen LogP contribution in [0.15, 0.2) is 72.0 Å². The van der Waals surface area contributed by atoms with Crippen LogP contribution in [-0.2, 0) is 0 Å². The zero-order chi connectivity index (χ0) is 19.2. The summed E-state index contributed by atoms with van der Waals surface area (Å²) in [5.41, 5.74) is 4.57. The summed E-state index contributed by atoms with van der Waals surface area (Å²) in [5, 5.41) is 13.0. The van der Waals surface area contributed by atoms with E-state index in [0.717, 1.165) is 11.4 Å². The highest BCUT2D eigenvalue weighted by Gasteiger charge is 2.10. The maximum Gasteiger partial charge on any atom is 0.335 e. The molecule has 1 amide bonds. The molecule has 0 aliphatic carbocycles. The molecule has 2 N–H and O–H groups in total. The largest absolute Gasteiger partial charge is 0.496 e. The molecule has 0 aliphatic heterocycles. The predicted molar refractivity (Wildman–Crippen MR) is 101 cm³/mol. The van der Waals surface area contributed by atoms with E-state index in [4.69, 9.17) is 9.84 Å². The number of carbonyl (C=O) groups excluding carboxylic acids is 1. The van der Waals surface area contributed by atoms with Crippen LogP contribution in [0, 0.1) is 0 Å². The van der Waals surface area contributed by atoms with Crippen molar-refractivity contribution >= 4 is 18.1 Å². The first-order chi connectivity index (χ1) is 13.1. The maximum absolute atomic E-state index is 12.2. The maximum atomic E-state index is 12.2. The van der Waals surface area contributed by atoms with Crippen molar-refractivity contribution in [2.24, 2.45) is 5.10 Å². The number of benzene rings is 2. The number of nitrogens with one attached hydrogen (secondary N) is 1. The molecule has 0 saturated heterocycles. The number of amides is 1. The van der Waals surface area contributed by atoms with Crippen LogP contribution in [0.4, 0.5) is 0 Å². The molecule has 0 spiro atoms. The van der Waals surface area contributed by atoms with E-state index in [0.29, 0.717) is 11.3 Å². The molecule has 1 heterocycles. The van der Waals surface area contributed by atoms with E-state index in [9.17, 15) is 9.59 Å². The van der Waals surface area contributed by atoms with Crippen molar-refractivity contribution in [3.63, 3.8) is 0 Å². The van der Waals surface area contributed by atoms with Gasteiger partial charge in [0, 0.05) is 11.9 Å². The summed E-state index contributed by atoms with van der Waals surface area (Å²) >= 11 is 0. The Hall–Kier alpha value is -3.87. The molecule has 2 aromatic carbocycles. The van der Waals surface area contributed by atoms with Gasteiger partial charge in [-0.05, 0) is 48.5 Å². The van der Waals surface area contributed by atoms with Gasteiger partial charge in [-0.3, -0.25) is 4.79 Å². The van der Waals surface area contributed by atoms with Gasteiger partial charge in [-0.1, -0.05) is 12.1 Å². The van der Waals surface area contributed by atoms with Crippen molar-refractivity contribution in [1.29, 1.82) is 0 Å². The number of hydrogen-bond acceptors (Lipinski definition) is 4. The van der Waals surface area contributed by atoms with Crippen molar-refractivity contribution in [1.82, 2.24) is 9.99 Å². The highest BCUT2D eigenvalue weighted by Crippen LogP contribution is 2.17. The minimum absolute atomic E-state index is 0.213. The predicted octanol–water partition coefficient (Wildman–Crippen LogP) is 2.95. The summed E-state index contributed by atoms with van der Waals surface area (Å²) in [6, 6.07) is 17.0. The lowest BCUT2D eigenvalue weighted by atomic mass is 10.2. The van der Waals surface area contributed by atoms with Crippen LogP contribution in [0.25, 0.3) is 5.69 Å². The molecule has 0 radical (unpaired) electrons.